The van der Waals surface area contributed by atoms with Crippen molar-refractivity contribution in [2.75, 3.05) is 26.4 Å². The molecule has 3 aliphatic heterocycles. The summed E-state index contributed by atoms with van der Waals surface area (Å²) in [5.41, 5.74) is 4.97. The molecule has 0 aliphatic carbocycles. The van der Waals surface area contributed by atoms with Crippen LogP contribution in [0.5, 0.6) is 5.75 Å². The van der Waals surface area contributed by atoms with Gasteiger partial charge in [-0.3, -0.25) is 4.68 Å². The number of benzene rings is 1. The van der Waals surface area contributed by atoms with E-state index in [9.17, 15) is 0 Å². The maximum Gasteiger partial charge on any atom is 0.147 e. The Kier molecular flexibility index (Phi) is 5.80. The van der Waals surface area contributed by atoms with Gasteiger partial charge in [-0.2, -0.15) is 5.10 Å². The Morgan fingerprint density at radius 2 is 2.12 bits per heavy atom. The quantitative estimate of drug-likeness (QED) is 0.530. The Morgan fingerprint density at radius 1 is 1.29 bits per heavy atom. The number of hydrogen-bond acceptors (Lipinski definition) is 5. The van der Waals surface area contributed by atoms with Crippen molar-refractivity contribution in [2.24, 2.45) is 11.3 Å². The molecule has 4 heterocycles. The SMILES string of the molecule is C=C1C=C2c3c4cccc(OCC5CCOC5)c4nn3CC(C(C)(C)C)N2C=C1C(=C)OCC. The fraction of sp³-hybridized carbons (Fsp3) is 0.464. The van der Waals surface area contributed by atoms with E-state index in [0.29, 0.717) is 24.9 Å². The molecule has 3 aliphatic rings. The van der Waals surface area contributed by atoms with Crippen LogP contribution in [0.15, 0.2) is 60.5 Å². The second-order valence-electron chi connectivity index (χ2n) is 10.5. The molecule has 1 aromatic carbocycles. The van der Waals surface area contributed by atoms with Crippen LogP contribution in [0.3, 0.4) is 0 Å². The van der Waals surface area contributed by atoms with Crippen LogP contribution in [0.2, 0.25) is 0 Å². The minimum atomic E-state index is 0.0178. The van der Waals surface area contributed by atoms with Gasteiger partial charge in [0.15, 0.2) is 0 Å². The molecule has 2 unspecified atom stereocenters. The Hall–Kier alpha value is -2.99. The molecule has 1 aromatic heterocycles. The smallest absolute Gasteiger partial charge is 0.147 e. The molecular formula is C28H35N3O3. The van der Waals surface area contributed by atoms with Gasteiger partial charge < -0.3 is 19.1 Å². The van der Waals surface area contributed by atoms with Crippen molar-refractivity contribution < 1.29 is 14.2 Å². The third kappa shape index (κ3) is 3.94. The molecule has 6 nitrogen and oxygen atoms in total. The molecule has 0 N–H and O–H groups in total. The summed E-state index contributed by atoms with van der Waals surface area (Å²) >= 11 is 0. The third-order valence-electron chi connectivity index (χ3n) is 6.98. The Bertz CT molecular complexity index is 1190. The molecule has 2 aromatic rings. The Labute approximate surface area is 202 Å². The molecule has 0 amide bonds. The second-order valence-corrected chi connectivity index (χ2v) is 10.5. The molecule has 0 radical (unpaired) electrons. The molecule has 0 bridgehead atoms. The van der Waals surface area contributed by atoms with Gasteiger partial charge in [0.1, 0.15) is 17.0 Å². The van der Waals surface area contributed by atoms with Gasteiger partial charge in [0.2, 0.25) is 0 Å². The van der Waals surface area contributed by atoms with E-state index in [1.54, 1.807) is 0 Å². The van der Waals surface area contributed by atoms with E-state index < -0.39 is 0 Å². The highest BCUT2D eigenvalue weighted by molar-refractivity contribution is 5.95. The average molecular weight is 462 g/mol. The molecule has 0 spiro atoms. The third-order valence-corrected chi connectivity index (χ3v) is 6.98. The Morgan fingerprint density at radius 3 is 2.82 bits per heavy atom. The molecule has 6 heteroatoms. The first-order valence-corrected chi connectivity index (χ1v) is 12.2. The van der Waals surface area contributed by atoms with Crippen LogP contribution < -0.4 is 4.74 Å². The van der Waals surface area contributed by atoms with E-state index in [-0.39, 0.29) is 11.5 Å². The maximum atomic E-state index is 6.26. The van der Waals surface area contributed by atoms with Crippen LogP contribution in [0.1, 0.15) is 39.8 Å². The van der Waals surface area contributed by atoms with Gasteiger partial charge in [-0.15, -0.1) is 0 Å². The zero-order valence-electron chi connectivity index (χ0n) is 20.8. The number of nitrogens with zero attached hydrogens (tertiary/aromatic N) is 3. The number of rotatable bonds is 6. The van der Waals surface area contributed by atoms with Gasteiger partial charge in [0.05, 0.1) is 43.8 Å². The second kappa shape index (κ2) is 8.66. The lowest BCUT2D eigenvalue weighted by Crippen LogP contribution is -2.47. The lowest BCUT2D eigenvalue weighted by molar-refractivity contribution is 0.155. The summed E-state index contributed by atoms with van der Waals surface area (Å²) in [6, 6.07) is 6.42. The molecule has 1 saturated heterocycles. The summed E-state index contributed by atoms with van der Waals surface area (Å²) in [7, 11) is 0. The maximum absolute atomic E-state index is 6.26. The summed E-state index contributed by atoms with van der Waals surface area (Å²) in [4.78, 5) is 2.37. The average Bonchev–Trinajstić information content (AvgIpc) is 3.44. The van der Waals surface area contributed by atoms with Gasteiger partial charge in [0, 0.05) is 29.7 Å². The van der Waals surface area contributed by atoms with Crippen molar-refractivity contribution in [3.63, 3.8) is 0 Å². The number of allylic oxidation sites excluding steroid dienone is 2. The molecule has 180 valence electrons. The zero-order chi connectivity index (χ0) is 24.0. The number of hydrogen-bond donors (Lipinski definition) is 0. The fourth-order valence-corrected chi connectivity index (χ4v) is 5.07. The molecule has 1 fully saturated rings. The van der Waals surface area contributed by atoms with Gasteiger partial charge in [-0.1, -0.05) is 46.1 Å². The van der Waals surface area contributed by atoms with Crippen LogP contribution in [0, 0.1) is 11.3 Å². The van der Waals surface area contributed by atoms with E-state index in [4.69, 9.17) is 19.3 Å². The van der Waals surface area contributed by atoms with Crippen molar-refractivity contribution in [3.05, 3.63) is 66.2 Å². The summed E-state index contributed by atoms with van der Waals surface area (Å²) in [5, 5.41) is 6.16. The minimum Gasteiger partial charge on any atom is -0.494 e. The van der Waals surface area contributed by atoms with Crippen LogP contribution in [0.4, 0.5) is 0 Å². The predicted molar refractivity (Wildman–Crippen MR) is 135 cm³/mol. The molecular weight excluding hydrogens is 426 g/mol. The molecule has 34 heavy (non-hydrogen) atoms. The number of ether oxygens (including phenoxy) is 3. The van der Waals surface area contributed by atoms with E-state index in [1.807, 2.05) is 13.0 Å². The molecule has 0 saturated carbocycles. The van der Waals surface area contributed by atoms with Crippen LogP contribution in [0.25, 0.3) is 16.6 Å². The number of fused-ring (bicyclic) bond motifs is 5. The molecule has 5 rings (SSSR count). The van der Waals surface area contributed by atoms with Crippen LogP contribution >= 0.6 is 0 Å². The van der Waals surface area contributed by atoms with Crippen molar-refractivity contribution in [1.29, 1.82) is 0 Å². The van der Waals surface area contributed by atoms with Crippen molar-refractivity contribution in [3.8, 4) is 5.75 Å². The fourth-order valence-electron chi connectivity index (χ4n) is 5.07. The van der Waals surface area contributed by atoms with Crippen molar-refractivity contribution >= 4 is 16.6 Å². The van der Waals surface area contributed by atoms with Gasteiger partial charge >= 0.3 is 0 Å². The minimum absolute atomic E-state index is 0.0178. The van der Waals surface area contributed by atoms with E-state index in [0.717, 1.165) is 65.4 Å². The summed E-state index contributed by atoms with van der Waals surface area (Å²) < 4.78 is 19.7. The standard InChI is InChI=1S/C28H35N3O3/c1-7-33-19(3)22-14-30-23(13-18(22)2)27-21-9-8-10-24(34-17-20-11-12-32-16-20)26(21)29-31(27)15-25(30)28(4,5)6/h8-10,13-14,20,25H,2-3,7,11-12,15-17H2,1,4-6H3. The summed E-state index contributed by atoms with van der Waals surface area (Å²) in [5.74, 6) is 1.94. The van der Waals surface area contributed by atoms with Gasteiger partial charge in [-0.05, 0) is 36.5 Å². The predicted octanol–water partition coefficient (Wildman–Crippen LogP) is 5.53. The number of aromatic nitrogens is 2. The van der Waals surface area contributed by atoms with E-state index >= 15 is 0 Å². The highest BCUT2D eigenvalue weighted by Crippen LogP contribution is 2.44. The molecule has 2 atom stereocenters. The lowest BCUT2D eigenvalue weighted by atomic mass is 9.82. The first-order chi connectivity index (χ1) is 16.3. The van der Waals surface area contributed by atoms with Gasteiger partial charge in [-0.25, -0.2) is 0 Å². The monoisotopic (exact) mass is 461 g/mol. The highest BCUT2D eigenvalue weighted by atomic mass is 16.5. The largest absolute Gasteiger partial charge is 0.494 e. The van der Waals surface area contributed by atoms with Crippen LogP contribution in [-0.2, 0) is 16.0 Å². The van der Waals surface area contributed by atoms with Gasteiger partial charge in [0.25, 0.3) is 0 Å². The first-order valence-electron chi connectivity index (χ1n) is 12.2. The summed E-state index contributed by atoms with van der Waals surface area (Å²) in [6.07, 6.45) is 5.36. The van der Waals surface area contributed by atoms with Crippen molar-refractivity contribution in [2.45, 2.75) is 46.7 Å². The van der Waals surface area contributed by atoms with Crippen LogP contribution in [-0.4, -0.2) is 47.1 Å². The zero-order valence-corrected chi connectivity index (χ0v) is 20.8. The first kappa shape index (κ1) is 22.8. The lowest BCUT2D eigenvalue weighted by Gasteiger charge is -2.46. The summed E-state index contributed by atoms with van der Waals surface area (Å²) in [6.45, 7) is 20.9. The highest BCUT2D eigenvalue weighted by Gasteiger charge is 2.40. The topological polar surface area (TPSA) is 48.8 Å². The normalized spacial score (nSPS) is 22.2. The van der Waals surface area contributed by atoms with Crippen molar-refractivity contribution in [1.82, 2.24) is 14.7 Å². The van der Waals surface area contributed by atoms with E-state index in [1.165, 1.54) is 0 Å². The Balaban J connectivity index is 1.58. The van der Waals surface area contributed by atoms with E-state index in [2.05, 4.69) is 67.9 Å².